The molecule has 1 atom stereocenters. The Bertz CT molecular complexity index is 833. The second-order valence-electron chi connectivity index (χ2n) is 5.76. The Labute approximate surface area is 150 Å². The molecule has 2 rings (SSSR count). The van der Waals surface area contributed by atoms with Crippen molar-refractivity contribution >= 4 is 32.4 Å². The molecule has 2 N–H and O–H groups in total. The van der Waals surface area contributed by atoms with Crippen LogP contribution in [0.3, 0.4) is 0 Å². The van der Waals surface area contributed by atoms with Crippen LogP contribution in [0.25, 0.3) is 0 Å². The number of benzene rings is 1. The Morgan fingerprint density at radius 1 is 1.28 bits per heavy atom. The first-order valence-electron chi connectivity index (χ1n) is 7.77. The zero-order chi connectivity index (χ0) is 18.6. The zero-order valence-corrected chi connectivity index (χ0v) is 15.7. The molecule has 2 aromatic rings. The summed E-state index contributed by atoms with van der Waals surface area (Å²) in [5, 5.41) is 4.91. The van der Waals surface area contributed by atoms with Crippen LogP contribution < -0.4 is 10.0 Å². The van der Waals surface area contributed by atoms with Crippen molar-refractivity contribution in [1.82, 2.24) is 9.71 Å². The molecule has 136 valence electrons. The van der Waals surface area contributed by atoms with Crippen molar-refractivity contribution in [3.8, 4) is 0 Å². The van der Waals surface area contributed by atoms with E-state index in [1.54, 1.807) is 6.92 Å². The first kappa shape index (κ1) is 19.5. The van der Waals surface area contributed by atoms with Gasteiger partial charge >= 0.3 is 0 Å². The largest absolute Gasteiger partial charge is 0.301 e. The summed E-state index contributed by atoms with van der Waals surface area (Å²) >= 11 is 1.29. The smallest absolute Gasteiger partial charge is 0.244 e. The molecule has 0 saturated heterocycles. The summed E-state index contributed by atoms with van der Waals surface area (Å²) in [6.45, 7) is 5.68. The third kappa shape index (κ3) is 5.07. The first-order chi connectivity index (χ1) is 11.7. The predicted octanol–water partition coefficient (Wildman–Crippen LogP) is 3.10. The molecule has 0 radical (unpaired) electrons. The molecule has 1 amide bonds. The molecule has 9 heteroatoms. The van der Waals surface area contributed by atoms with E-state index >= 15 is 0 Å². The first-order valence-corrected chi connectivity index (χ1v) is 10.1. The van der Waals surface area contributed by atoms with Gasteiger partial charge in [0.05, 0.1) is 10.6 Å². The third-order valence-electron chi connectivity index (χ3n) is 3.49. The topological polar surface area (TPSA) is 88.2 Å². The molecule has 1 unspecified atom stereocenters. The average molecular weight is 385 g/mol. The Hall–Kier alpha value is -1.84. The van der Waals surface area contributed by atoms with Gasteiger partial charge in [0, 0.05) is 5.38 Å². The molecule has 1 aromatic heterocycles. The van der Waals surface area contributed by atoms with Gasteiger partial charge in [0.2, 0.25) is 15.9 Å². The van der Waals surface area contributed by atoms with Gasteiger partial charge in [0.25, 0.3) is 0 Å². The molecule has 25 heavy (non-hydrogen) atoms. The van der Waals surface area contributed by atoms with E-state index in [2.05, 4.69) is 15.0 Å². The maximum absolute atomic E-state index is 12.9. The fourth-order valence-corrected chi connectivity index (χ4v) is 4.15. The van der Waals surface area contributed by atoms with Crippen LogP contribution in [0.5, 0.6) is 0 Å². The average Bonchev–Trinajstić information content (AvgIpc) is 3.01. The van der Waals surface area contributed by atoms with Gasteiger partial charge in [0.15, 0.2) is 5.13 Å². The van der Waals surface area contributed by atoms with Gasteiger partial charge in [-0.3, -0.25) is 4.79 Å². The van der Waals surface area contributed by atoms with Crippen molar-refractivity contribution < 1.29 is 17.6 Å². The summed E-state index contributed by atoms with van der Waals surface area (Å²) in [6.07, 6.45) is 0.259. The molecule has 0 aliphatic heterocycles. The SMILES string of the molecule is CCC(NS(=O)(=O)c1ccc(F)cc1)C(=O)Nc1nc(C(C)C)cs1. The van der Waals surface area contributed by atoms with Gasteiger partial charge in [-0.2, -0.15) is 4.72 Å². The van der Waals surface area contributed by atoms with Crippen LogP contribution in [0.4, 0.5) is 9.52 Å². The van der Waals surface area contributed by atoms with E-state index in [0.717, 1.165) is 30.0 Å². The van der Waals surface area contributed by atoms with E-state index in [1.165, 1.54) is 11.3 Å². The summed E-state index contributed by atoms with van der Waals surface area (Å²) < 4.78 is 40.0. The standard InChI is InChI=1S/C16H20FN3O3S2/c1-4-13(15(21)19-16-18-14(9-24-16)10(2)3)20-25(22,23)12-7-5-11(17)6-8-12/h5-10,13,20H,4H2,1-3H3,(H,18,19,21). The van der Waals surface area contributed by atoms with Gasteiger partial charge < -0.3 is 5.32 Å². The van der Waals surface area contributed by atoms with E-state index in [4.69, 9.17) is 0 Å². The van der Waals surface area contributed by atoms with Crippen LogP contribution in [0.1, 0.15) is 38.8 Å². The van der Waals surface area contributed by atoms with Gasteiger partial charge in [-0.1, -0.05) is 20.8 Å². The van der Waals surface area contributed by atoms with E-state index in [-0.39, 0.29) is 17.2 Å². The van der Waals surface area contributed by atoms with Crippen molar-refractivity contribution in [2.75, 3.05) is 5.32 Å². The minimum atomic E-state index is -3.93. The highest BCUT2D eigenvalue weighted by molar-refractivity contribution is 7.89. The van der Waals surface area contributed by atoms with Crippen LogP contribution in [0.15, 0.2) is 34.5 Å². The van der Waals surface area contributed by atoms with E-state index in [9.17, 15) is 17.6 Å². The number of amides is 1. The number of carbonyl (C=O) groups excluding carboxylic acids is 1. The highest BCUT2D eigenvalue weighted by Crippen LogP contribution is 2.21. The van der Waals surface area contributed by atoms with Crippen molar-refractivity contribution in [1.29, 1.82) is 0 Å². The second kappa shape index (κ2) is 8.03. The van der Waals surface area contributed by atoms with Crippen LogP contribution in [0, 0.1) is 5.82 Å². The van der Waals surface area contributed by atoms with Crippen LogP contribution in [-0.4, -0.2) is 25.4 Å². The zero-order valence-electron chi connectivity index (χ0n) is 14.1. The van der Waals surface area contributed by atoms with Crippen molar-refractivity contribution in [3.05, 3.63) is 41.2 Å². The number of thiazole rings is 1. The van der Waals surface area contributed by atoms with Gasteiger partial charge in [0.1, 0.15) is 11.9 Å². The van der Waals surface area contributed by atoms with Gasteiger partial charge in [-0.25, -0.2) is 17.8 Å². The highest BCUT2D eigenvalue weighted by atomic mass is 32.2. The minimum absolute atomic E-state index is 0.100. The number of halogens is 1. The summed E-state index contributed by atoms with van der Waals surface area (Å²) in [4.78, 5) is 16.6. The number of hydrogen-bond acceptors (Lipinski definition) is 5. The lowest BCUT2D eigenvalue weighted by Gasteiger charge is -2.16. The molecule has 1 heterocycles. The highest BCUT2D eigenvalue weighted by Gasteiger charge is 2.25. The normalized spacial score (nSPS) is 13.0. The van der Waals surface area contributed by atoms with Crippen molar-refractivity contribution in [2.45, 2.75) is 44.0 Å². The summed E-state index contributed by atoms with van der Waals surface area (Å²) in [5.41, 5.74) is 0.861. The summed E-state index contributed by atoms with van der Waals surface area (Å²) in [5.74, 6) is -0.785. The number of hydrogen-bond donors (Lipinski definition) is 2. The fourth-order valence-electron chi connectivity index (χ4n) is 1.99. The fraction of sp³-hybridized carbons (Fsp3) is 0.375. The number of carbonyl (C=O) groups is 1. The quantitative estimate of drug-likeness (QED) is 0.767. The number of anilines is 1. The molecule has 0 saturated carbocycles. The maximum Gasteiger partial charge on any atom is 0.244 e. The predicted molar refractivity (Wildman–Crippen MR) is 95.6 cm³/mol. The number of aromatic nitrogens is 1. The molecular formula is C16H20FN3O3S2. The van der Waals surface area contributed by atoms with E-state index in [0.29, 0.717) is 5.13 Å². The monoisotopic (exact) mass is 385 g/mol. The third-order valence-corrected chi connectivity index (χ3v) is 5.75. The molecular weight excluding hydrogens is 365 g/mol. The molecule has 0 spiro atoms. The molecule has 0 fully saturated rings. The lowest BCUT2D eigenvalue weighted by molar-refractivity contribution is -0.117. The van der Waals surface area contributed by atoms with Crippen molar-refractivity contribution in [3.63, 3.8) is 0 Å². The van der Waals surface area contributed by atoms with E-state index in [1.807, 2.05) is 19.2 Å². The number of sulfonamides is 1. The number of nitrogens with zero attached hydrogens (tertiary/aromatic N) is 1. The second-order valence-corrected chi connectivity index (χ2v) is 8.33. The van der Waals surface area contributed by atoms with Crippen LogP contribution >= 0.6 is 11.3 Å². The summed E-state index contributed by atoms with van der Waals surface area (Å²) in [6, 6.07) is 3.45. The van der Waals surface area contributed by atoms with E-state index < -0.39 is 27.8 Å². The molecule has 0 aliphatic carbocycles. The van der Waals surface area contributed by atoms with Gasteiger partial charge in [-0.15, -0.1) is 11.3 Å². The lowest BCUT2D eigenvalue weighted by atomic mass is 10.2. The molecule has 6 nitrogen and oxygen atoms in total. The van der Waals surface area contributed by atoms with Gasteiger partial charge in [-0.05, 0) is 36.6 Å². The number of nitrogens with one attached hydrogen (secondary N) is 2. The Morgan fingerprint density at radius 2 is 1.92 bits per heavy atom. The molecule has 0 bridgehead atoms. The van der Waals surface area contributed by atoms with Crippen LogP contribution in [0.2, 0.25) is 0 Å². The lowest BCUT2D eigenvalue weighted by Crippen LogP contribution is -2.43. The maximum atomic E-state index is 12.9. The molecule has 0 aliphatic rings. The minimum Gasteiger partial charge on any atom is -0.301 e. The summed E-state index contributed by atoms with van der Waals surface area (Å²) in [7, 11) is -3.93. The Morgan fingerprint density at radius 3 is 2.44 bits per heavy atom. The van der Waals surface area contributed by atoms with Crippen LogP contribution in [-0.2, 0) is 14.8 Å². The Balaban J connectivity index is 2.09. The van der Waals surface area contributed by atoms with Crippen molar-refractivity contribution in [2.24, 2.45) is 0 Å². The Kier molecular flexibility index (Phi) is 6.26. The molecule has 1 aromatic carbocycles. The number of rotatable bonds is 7.